The number of nitrogens with one attached hydrogen (secondary N) is 1. The summed E-state index contributed by atoms with van der Waals surface area (Å²) in [5.74, 6) is 0. The molecule has 0 atom stereocenters. The van der Waals surface area contributed by atoms with Crippen LogP contribution in [0.3, 0.4) is 0 Å². The molecule has 5 N–H and O–H groups in total. The minimum absolute atomic E-state index is 0.135. The molecule has 0 fully saturated rings. The van der Waals surface area contributed by atoms with Crippen LogP contribution in [-0.2, 0) is 16.6 Å². The van der Waals surface area contributed by atoms with Gasteiger partial charge in [0.1, 0.15) is 0 Å². The van der Waals surface area contributed by atoms with Crippen LogP contribution in [0.1, 0.15) is 16.8 Å². The van der Waals surface area contributed by atoms with E-state index in [-0.39, 0.29) is 4.90 Å². The van der Waals surface area contributed by atoms with Gasteiger partial charge in [-0.15, -0.1) is 0 Å². The van der Waals surface area contributed by atoms with Gasteiger partial charge in [-0.05, 0) is 36.6 Å². The van der Waals surface area contributed by atoms with Gasteiger partial charge in [-0.3, -0.25) is 4.98 Å². The van der Waals surface area contributed by atoms with E-state index in [1.54, 1.807) is 25.3 Å². The lowest BCUT2D eigenvalue weighted by atomic mass is 10.0. The van der Waals surface area contributed by atoms with Crippen LogP contribution in [0.15, 0.2) is 59.6 Å². The summed E-state index contributed by atoms with van der Waals surface area (Å²) in [5.41, 5.74) is 11.9. The van der Waals surface area contributed by atoms with Crippen molar-refractivity contribution in [3.63, 3.8) is 0 Å². The third-order valence-corrected chi connectivity index (χ3v) is 5.45. The quantitative estimate of drug-likeness (QED) is 0.627. The van der Waals surface area contributed by atoms with E-state index in [2.05, 4.69) is 10.3 Å². The molecule has 1 aromatic heterocycles. The van der Waals surface area contributed by atoms with Crippen molar-refractivity contribution in [2.75, 3.05) is 11.1 Å². The topological polar surface area (TPSA) is 111 Å². The molecule has 140 valence electrons. The summed E-state index contributed by atoms with van der Waals surface area (Å²) < 4.78 is 23.1. The molecule has 27 heavy (non-hydrogen) atoms. The monoisotopic (exact) mass is 382 g/mol. The lowest BCUT2D eigenvalue weighted by Gasteiger charge is -2.17. The average molecular weight is 382 g/mol. The standard InChI is InChI=1S/C20H22N4O2S/c1-13-10-15(8-9-18(13)27(22,25)26)11-24-20-17(21)12-23-14(2)19(20)16-6-4-3-5-7-16/h3-10,12H,11,21H2,1-2H3,(H,23,24)(H2,22,25,26). The number of sulfonamides is 1. The molecule has 0 unspecified atom stereocenters. The zero-order chi connectivity index (χ0) is 19.6. The molecule has 2 aromatic carbocycles. The third-order valence-electron chi connectivity index (χ3n) is 4.38. The normalized spacial score (nSPS) is 11.4. The number of primary sulfonamides is 1. The molecule has 3 aromatic rings. The molecule has 6 nitrogen and oxygen atoms in total. The Morgan fingerprint density at radius 3 is 2.41 bits per heavy atom. The molecular weight excluding hydrogens is 360 g/mol. The van der Waals surface area contributed by atoms with E-state index in [9.17, 15) is 8.42 Å². The number of benzene rings is 2. The Bertz CT molecular complexity index is 1080. The second kappa shape index (κ2) is 7.38. The highest BCUT2D eigenvalue weighted by Gasteiger charge is 2.14. The van der Waals surface area contributed by atoms with Crippen LogP contribution in [0.5, 0.6) is 0 Å². The number of nitrogen functional groups attached to an aromatic ring is 1. The number of hydrogen-bond acceptors (Lipinski definition) is 5. The van der Waals surface area contributed by atoms with Gasteiger partial charge in [0.15, 0.2) is 0 Å². The van der Waals surface area contributed by atoms with Crippen LogP contribution in [0.4, 0.5) is 11.4 Å². The fraction of sp³-hybridized carbons (Fsp3) is 0.150. The van der Waals surface area contributed by atoms with E-state index < -0.39 is 10.0 Å². The highest BCUT2D eigenvalue weighted by atomic mass is 32.2. The smallest absolute Gasteiger partial charge is 0.238 e. The Labute approximate surface area is 159 Å². The van der Waals surface area contributed by atoms with Gasteiger partial charge in [0, 0.05) is 17.8 Å². The van der Waals surface area contributed by atoms with Gasteiger partial charge in [-0.25, -0.2) is 13.6 Å². The van der Waals surface area contributed by atoms with Crippen molar-refractivity contribution in [3.8, 4) is 11.1 Å². The molecule has 0 saturated heterocycles. The summed E-state index contributed by atoms with van der Waals surface area (Å²) in [6.45, 7) is 4.15. The number of aryl methyl sites for hydroxylation is 2. The van der Waals surface area contributed by atoms with Gasteiger partial charge in [-0.2, -0.15) is 0 Å². The summed E-state index contributed by atoms with van der Waals surface area (Å²) >= 11 is 0. The maximum absolute atomic E-state index is 11.6. The fourth-order valence-corrected chi connectivity index (χ4v) is 3.87. The molecular formula is C20H22N4O2S. The van der Waals surface area contributed by atoms with Gasteiger partial charge in [0.05, 0.1) is 22.5 Å². The van der Waals surface area contributed by atoms with Crippen molar-refractivity contribution >= 4 is 21.4 Å². The summed E-state index contributed by atoms with van der Waals surface area (Å²) in [7, 11) is -3.72. The zero-order valence-electron chi connectivity index (χ0n) is 15.2. The molecule has 0 spiro atoms. The predicted molar refractivity (Wildman–Crippen MR) is 109 cm³/mol. The molecule has 0 aliphatic rings. The molecule has 0 bridgehead atoms. The first-order chi connectivity index (χ1) is 12.8. The predicted octanol–water partition coefficient (Wildman–Crippen LogP) is 3.21. The Hall–Kier alpha value is -2.90. The Kier molecular flexibility index (Phi) is 5.16. The number of aromatic nitrogens is 1. The van der Waals surface area contributed by atoms with E-state index >= 15 is 0 Å². The van der Waals surface area contributed by atoms with E-state index in [4.69, 9.17) is 10.9 Å². The number of rotatable bonds is 5. The molecule has 7 heteroatoms. The van der Waals surface area contributed by atoms with Crippen LogP contribution in [0, 0.1) is 13.8 Å². The van der Waals surface area contributed by atoms with Crippen LogP contribution in [-0.4, -0.2) is 13.4 Å². The molecule has 0 radical (unpaired) electrons. The SMILES string of the molecule is Cc1cc(CNc2c(N)cnc(C)c2-c2ccccc2)ccc1S(N)(=O)=O. The fourth-order valence-electron chi connectivity index (χ4n) is 3.10. The van der Waals surface area contributed by atoms with Crippen molar-refractivity contribution in [3.05, 3.63) is 71.5 Å². The van der Waals surface area contributed by atoms with Crippen LogP contribution in [0.2, 0.25) is 0 Å². The average Bonchev–Trinajstić information content (AvgIpc) is 2.62. The first kappa shape index (κ1) is 18.9. The number of hydrogen-bond donors (Lipinski definition) is 3. The lowest BCUT2D eigenvalue weighted by molar-refractivity contribution is 0.597. The third kappa shape index (κ3) is 4.10. The Morgan fingerprint density at radius 2 is 1.78 bits per heavy atom. The van der Waals surface area contributed by atoms with Crippen molar-refractivity contribution in [1.29, 1.82) is 0 Å². The zero-order valence-corrected chi connectivity index (χ0v) is 16.0. The molecule has 0 aliphatic carbocycles. The largest absolute Gasteiger partial charge is 0.396 e. The number of nitrogens with zero attached hydrogens (tertiary/aromatic N) is 1. The maximum atomic E-state index is 11.6. The second-order valence-electron chi connectivity index (χ2n) is 6.41. The molecule has 1 heterocycles. The van der Waals surface area contributed by atoms with Crippen molar-refractivity contribution < 1.29 is 8.42 Å². The lowest BCUT2D eigenvalue weighted by Crippen LogP contribution is -2.14. The van der Waals surface area contributed by atoms with Crippen LogP contribution < -0.4 is 16.2 Å². The first-order valence-electron chi connectivity index (χ1n) is 8.44. The summed E-state index contributed by atoms with van der Waals surface area (Å²) in [6.07, 6.45) is 1.64. The highest BCUT2D eigenvalue weighted by molar-refractivity contribution is 7.89. The van der Waals surface area contributed by atoms with Crippen LogP contribution in [0.25, 0.3) is 11.1 Å². The van der Waals surface area contributed by atoms with E-state index in [1.807, 2.05) is 37.3 Å². The summed E-state index contributed by atoms with van der Waals surface area (Å²) in [5, 5.41) is 8.60. The minimum atomic E-state index is -3.72. The van der Waals surface area contributed by atoms with Gasteiger partial charge >= 0.3 is 0 Å². The first-order valence-corrected chi connectivity index (χ1v) is 9.98. The van der Waals surface area contributed by atoms with Gasteiger partial charge < -0.3 is 11.1 Å². The van der Waals surface area contributed by atoms with Gasteiger partial charge in [0.2, 0.25) is 10.0 Å². The number of pyridine rings is 1. The van der Waals surface area contributed by atoms with E-state index in [0.29, 0.717) is 17.8 Å². The van der Waals surface area contributed by atoms with Crippen LogP contribution >= 0.6 is 0 Å². The summed E-state index contributed by atoms with van der Waals surface area (Å²) in [4.78, 5) is 4.51. The number of nitrogens with two attached hydrogens (primary N) is 2. The molecule has 0 aliphatic heterocycles. The van der Waals surface area contributed by atoms with E-state index in [0.717, 1.165) is 28.1 Å². The van der Waals surface area contributed by atoms with Crippen molar-refractivity contribution in [1.82, 2.24) is 4.98 Å². The van der Waals surface area contributed by atoms with E-state index in [1.165, 1.54) is 6.07 Å². The molecule has 0 amide bonds. The van der Waals surface area contributed by atoms with Crippen molar-refractivity contribution in [2.24, 2.45) is 5.14 Å². The Morgan fingerprint density at radius 1 is 1.07 bits per heavy atom. The molecule has 3 rings (SSSR count). The van der Waals surface area contributed by atoms with Crippen molar-refractivity contribution in [2.45, 2.75) is 25.3 Å². The Balaban J connectivity index is 1.93. The molecule has 0 saturated carbocycles. The van der Waals surface area contributed by atoms with Gasteiger partial charge in [0.25, 0.3) is 0 Å². The maximum Gasteiger partial charge on any atom is 0.238 e. The second-order valence-corrected chi connectivity index (χ2v) is 7.94. The number of anilines is 2. The minimum Gasteiger partial charge on any atom is -0.396 e. The highest BCUT2D eigenvalue weighted by Crippen LogP contribution is 2.34. The summed E-state index contributed by atoms with van der Waals surface area (Å²) in [6, 6.07) is 15.0. The van der Waals surface area contributed by atoms with Gasteiger partial charge in [-0.1, -0.05) is 42.5 Å².